The minimum atomic E-state index is 0.230. The average molecular weight is 343 g/mol. The summed E-state index contributed by atoms with van der Waals surface area (Å²) in [4.78, 5) is 18.8. The smallest absolute Gasteiger partial charge is 0.228 e. The minimum Gasteiger partial charge on any atom is -0.497 e. The number of carbonyl (C=O) groups excluding carboxylic acids is 1. The Morgan fingerprint density at radius 1 is 1.40 bits per heavy atom. The molecule has 0 spiro atoms. The molecule has 1 aromatic carbocycles. The summed E-state index contributed by atoms with van der Waals surface area (Å²) in [6, 6.07) is 7.55. The SMILES string of the molecule is COc1cccc(-c2noc(CCN(CC(C)C)C(=O)C3CC3)n2)c1. The van der Waals surface area contributed by atoms with Crippen molar-refractivity contribution in [2.45, 2.75) is 33.1 Å². The Kier molecular flexibility index (Phi) is 5.36. The van der Waals surface area contributed by atoms with Crippen LogP contribution in [0.4, 0.5) is 0 Å². The van der Waals surface area contributed by atoms with Crippen LogP contribution in [0.2, 0.25) is 0 Å². The zero-order chi connectivity index (χ0) is 17.8. The zero-order valence-electron chi connectivity index (χ0n) is 15.1. The molecule has 1 fully saturated rings. The van der Waals surface area contributed by atoms with E-state index in [1.54, 1.807) is 7.11 Å². The van der Waals surface area contributed by atoms with Crippen molar-refractivity contribution in [2.75, 3.05) is 20.2 Å². The third-order valence-electron chi connectivity index (χ3n) is 4.22. The van der Waals surface area contributed by atoms with E-state index < -0.39 is 0 Å². The molecule has 0 saturated heterocycles. The third-order valence-corrected chi connectivity index (χ3v) is 4.22. The fourth-order valence-corrected chi connectivity index (χ4v) is 2.79. The quantitative estimate of drug-likeness (QED) is 0.736. The van der Waals surface area contributed by atoms with E-state index >= 15 is 0 Å². The largest absolute Gasteiger partial charge is 0.497 e. The lowest BCUT2D eigenvalue weighted by atomic mass is 10.2. The maximum absolute atomic E-state index is 12.4. The molecule has 0 N–H and O–H groups in total. The first kappa shape index (κ1) is 17.5. The van der Waals surface area contributed by atoms with E-state index in [2.05, 4.69) is 24.0 Å². The summed E-state index contributed by atoms with van der Waals surface area (Å²) in [6.07, 6.45) is 2.62. The highest BCUT2D eigenvalue weighted by molar-refractivity contribution is 5.81. The molecular weight excluding hydrogens is 318 g/mol. The fraction of sp³-hybridized carbons (Fsp3) is 0.526. The molecule has 2 aromatic rings. The molecule has 134 valence electrons. The van der Waals surface area contributed by atoms with E-state index in [1.807, 2.05) is 29.2 Å². The van der Waals surface area contributed by atoms with Crippen LogP contribution in [0.1, 0.15) is 32.6 Å². The van der Waals surface area contributed by atoms with Gasteiger partial charge in [-0.05, 0) is 30.9 Å². The standard InChI is InChI=1S/C19H25N3O3/c1-13(2)12-22(19(23)14-7-8-14)10-9-17-20-18(21-25-17)15-5-4-6-16(11-15)24-3/h4-6,11,13-14H,7-10,12H2,1-3H3. The summed E-state index contributed by atoms with van der Waals surface area (Å²) in [6.45, 7) is 5.64. The molecule has 1 aromatic heterocycles. The van der Waals surface area contributed by atoms with Gasteiger partial charge >= 0.3 is 0 Å². The molecule has 6 nitrogen and oxygen atoms in total. The topological polar surface area (TPSA) is 68.5 Å². The monoisotopic (exact) mass is 343 g/mol. The number of rotatable bonds is 8. The van der Waals surface area contributed by atoms with Gasteiger partial charge in [0, 0.05) is 31.0 Å². The Morgan fingerprint density at radius 3 is 2.88 bits per heavy atom. The summed E-state index contributed by atoms with van der Waals surface area (Å²) in [5, 5.41) is 4.05. The van der Waals surface area contributed by atoms with Crippen LogP contribution >= 0.6 is 0 Å². The van der Waals surface area contributed by atoms with Gasteiger partial charge in [0.15, 0.2) is 0 Å². The molecule has 1 aliphatic rings. The highest BCUT2D eigenvalue weighted by Crippen LogP contribution is 2.31. The van der Waals surface area contributed by atoms with Crippen molar-refractivity contribution in [2.24, 2.45) is 11.8 Å². The van der Waals surface area contributed by atoms with Crippen molar-refractivity contribution < 1.29 is 14.1 Å². The van der Waals surface area contributed by atoms with Crippen molar-refractivity contribution in [1.82, 2.24) is 15.0 Å². The van der Waals surface area contributed by atoms with Crippen molar-refractivity contribution in [3.63, 3.8) is 0 Å². The lowest BCUT2D eigenvalue weighted by molar-refractivity contribution is -0.133. The number of ether oxygens (including phenoxy) is 1. The Balaban J connectivity index is 1.64. The molecule has 6 heteroatoms. The predicted molar refractivity (Wildman–Crippen MR) is 94.1 cm³/mol. The van der Waals surface area contributed by atoms with E-state index in [0.29, 0.717) is 30.6 Å². The minimum absolute atomic E-state index is 0.230. The highest BCUT2D eigenvalue weighted by Gasteiger charge is 2.33. The summed E-state index contributed by atoms with van der Waals surface area (Å²) >= 11 is 0. The number of carbonyl (C=O) groups is 1. The number of methoxy groups -OCH3 is 1. The van der Waals surface area contributed by atoms with Gasteiger partial charge in [-0.3, -0.25) is 4.79 Å². The van der Waals surface area contributed by atoms with Crippen molar-refractivity contribution in [3.8, 4) is 17.1 Å². The van der Waals surface area contributed by atoms with Gasteiger partial charge in [-0.15, -0.1) is 0 Å². The van der Waals surface area contributed by atoms with Gasteiger partial charge in [0.05, 0.1) is 7.11 Å². The molecular formula is C19H25N3O3. The second kappa shape index (κ2) is 7.68. The van der Waals surface area contributed by atoms with Crippen LogP contribution in [0.15, 0.2) is 28.8 Å². The molecule has 0 radical (unpaired) electrons. The molecule has 1 heterocycles. The summed E-state index contributed by atoms with van der Waals surface area (Å²) < 4.78 is 10.6. The predicted octanol–water partition coefficient (Wildman–Crippen LogP) is 3.18. The molecule has 3 rings (SSSR count). The molecule has 1 saturated carbocycles. The maximum atomic E-state index is 12.4. The zero-order valence-corrected chi connectivity index (χ0v) is 15.1. The summed E-state index contributed by atoms with van der Waals surface area (Å²) in [5.74, 6) is 2.78. The number of amides is 1. The lowest BCUT2D eigenvalue weighted by Crippen LogP contribution is -2.36. The van der Waals surface area contributed by atoms with Gasteiger partial charge in [0.25, 0.3) is 0 Å². The van der Waals surface area contributed by atoms with E-state index in [-0.39, 0.29) is 11.8 Å². The third kappa shape index (κ3) is 4.59. The van der Waals surface area contributed by atoms with Crippen LogP contribution < -0.4 is 4.74 Å². The number of hydrogen-bond acceptors (Lipinski definition) is 5. The number of benzene rings is 1. The van der Waals surface area contributed by atoms with Gasteiger partial charge in [-0.2, -0.15) is 4.98 Å². The van der Waals surface area contributed by atoms with Crippen molar-refractivity contribution in [3.05, 3.63) is 30.2 Å². The second-order valence-electron chi connectivity index (χ2n) is 6.95. The molecule has 0 unspecified atom stereocenters. The first-order valence-electron chi connectivity index (χ1n) is 8.82. The first-order valence-corrected chi connectivity index (χ1v) is 8.82. The maximum Gasteiger partial charge on any atom is 0.228 e. The molecule has 0 bridgehead atoms. The Bertz CT molecular complexity index is 722. The molecule has 1 aliphatic carbocycles. The Morgan fingerprint density at radius 2 is 2.20 bits per heavy atom. The van der Waals surface area contributed by atoms with Crippen molar-refractivity contribution >= 4 is 5.91 Å². The van der Waals surface area contributed by atoms with Crippen LogP contribution in [-0.2, 0) is 11.2 Å². The van der Waals surface area contributed by atoms with Gasteiger partial charge < -0.3 is 14.2 Å². The average Bonchev–Trinajstić information content (AvgIpc) is 3.36. The fourth-order valence-electron chi connectivity index (χ4n) is 2.79. The van der Waals surface area contributed by atoms with Crippen molar-refractivity contribution in [1.29, 1.82) is 0 Å². The van der Waals surface area contributed by atoms with Crippen LogP contribution in [0.5, 0.6) is 5.75 Å². The molecule has 0 atom stereocenters. The van der Waals surface area contributed by atoms with Gasteiger partial charge in [0.2, 0.25) is 17.6 Å². The molecule has 25 heavy (non-hydrogen) atoms. The van der Waals surface area contributed by atoms with Gasteiger partial charge in [-0.25, -0.2) is 0 Å². The second-order valence-corrected chi connectivity index (χ2v) is 6.95. The molecule has 0 aliphatic heterocycles. The number of hydrogen-bond donors (Lipinski definition) is 0. The van der Waals surface area contributed by atoms with Crippen LogP contribution in [0.25, 0.3) is 11.4 Å². The Labute approximate surface area is 148 Å². The Hall–Kier alpha value is -2.37. The molecule has 1 amide bonds. The van der Waals surface area contributed by atoms with E-state index in [1.165, 1.54) is 0 Å². The highest BCUT2D eigenvalue weighted by atomic mass is 16.5. The van der Waals surface area contributed by atoms with Crippen LogP contribution in [0.3, 0.4) is 0 Å². The lowest BCUT2D eigenvalue weighted by Gasteiger charge is -2.24. The van der Waals surface area contributed by atoms with Crippen LogP contribution in [0, 0.1) is 11.8 Å². The van der Waals surface area contributed by atoms with Gasteiger partial charge in [0.1, 0.15) is 5.75 Å². The van der Waals surface area contributed by atoms with Crippen LogP contribution in [-0.4, -0.2) is 41.1 Å². The number of aromatic nitrogens is 2. The number of nitrogens with zero attached hydrogens (tertiary/aromatic N) is 3. The van der Waals surface area contributed by atoms with E-state index in [4.69, 9.17) is 9.26 Å². The first-order chi connectivity index (χ1) is 12.1. The summed E-state index contributed by atoms with van der Waals surface area (Å²) in [7, 11) is 1.63. The normalized spacial score (nSPS) is 13.9. The van der Waals surface area contributed by atoms with E-state index in [0.717, 1.165) is 30.7 Å². The summed E-state index contributed by atoms with van der Waals surface area (Å²) in [5.41, 5.74) is 0.849. The van der Waals surface area contributed by atoms with Gasteiger partial charge in [-0.1, -0.05) is 31.1 Å². The van der Waals surface area contributed by atoms with E-state index in [9.17, 15) is 4.79 Å².